The van der Waals surface area contributed by atoms with Crippen molar-refractivity contribution in [1.82, 2.24) is 9.97 Å². The highest BCUT2D eigenvalue weighted by Gasteiger charge is 2.07. The summed E-state index contributed by atoms with van der Waals surface area (Å²) in [5.41, 5.74) is 2.67. The molecule has 0 saturated heterocycles. The minimum atomic E-state index is -1.28. The molecule has 2 rings (SSSR count). The average molecular weight is 316 g/mol. The highest BCUT2D eigenvalue weighted by molar-refractivity contribution is 5.96. The zero-order valence-electron chi connectivity index (χ0n) is 12.8. The van der Waals surface area contributed by atoms with E-state index >= 15 is 0 Å². The second-order valence-electron chi connectivity index (χ2n) is 4.86. The Morgan fingerprint density at radius 2 is 1.58 bits per heavy atom. The van der Waals surface area contributed by atoms with Gasteiger partial charge in [0.25, 0.3) is 0 Å². The molecule has 24 heavy (non-hydrogen) atoms. The number of nitrogens with zero attached hydrogens (tertiary/aromatic N) is 4. The molecular formula is C18H12N4O2. The first-order valence-electron chi connectivity index (χ1n) is 6.89. The van der Waals surface area contributed by atoms with Gasteiger partial charge in [-0.15, -0.1) is 0 Å². The van der Waals surface area contributed by atoms with E-state index in [2.05, 4.69) is 16.0 Å². The third kappa shape index (κ3) is 4.12. The highest BCUT2D eigenvalue weighted by atomic mass is 16.4. The Labute approximate surface area is 138 Å². The predicted octanol–water partition coefficient (Wildman–Crippen LogP) is 3.06. The van der Waals surface area contributed by atoms with Gasteiger partial charge in [-0.2, -0.15) is 10.5 Å². The molecule has 2 aromatic rings. The van der Waals surface area contributed by atoms with Crippen LogP contribution in [0, 0.1) is 22.7 Å². The molecule has 2 heterocycles. The maximum absolute atomic E-state index is 10.9. The van der Waals surface area contributed by atoms with Gasteiger partial charge < -0.3 is 5.11 Å². The second kappa shape index (κ2) is 7.48. The summed E-state index contributed by atoms with van der Waals surface area (Å²) >= 11 is 0. The molecule has 2 aromatic heterocycles. The van der Waals surface area contributed by atoms with Crippen LogP contribution in [0.2, 0.25) is 0 Å². The van der Waals surface area contributed by atoms with Crippen molar-refractivity contribution >= 4 is 18.1 Å². The molecule has 0 bridgehead atoms. The van der Waals surface area contributed by atoms with Crippen LogP contribution in [0.4, 0.5) is 0 Å². The van der Waals surface area contributed by atoms with Crippen LogP contribution in [-0.2, 0) is 4.79 Å². The molecule has 0 spiro atoms. The Morgan fingerprint density at radius 3 is 2.04 bits per heavy atom. The lowest BCUT2D eigenvalue weighted by atomic mass is 10.1. The number of rotatable bonds is 4. The lowest BCUT2D eigenvalue weighted by molar-refractivity contribution is -0.132. The van der Waals surface area contributed by atoms with Crippen molar-refractivity contribution < 1.29 is 9.90 Å². The number of hydrogen-bond donors (Lipinski definition) is 1. The van der Waals surface area contributed by atoms with Crippen LogP contribution in [0.25, 0.3) is 23.5 Å². The summed E-state index contributed by atoms with van der Waals surface area (Å²) < 4.78 is 0. The Hall–Kier alpha value is -3.77. The summed E-state index contributed by atoms with van der Waals surface area (Å²) in [5, 5.41) is 26.6. The maximum atomic E-state index is 10.9. The number of hydrogen-bond acceptors (Lipinski definition) is 5. The van der Waals surface area contributed by atoms with Crippen LogP contribution in [0.3, 0.4) is 0 Å². The zero-order valence-corrected chi connectivity index (χ0v) is 12.8. The molecular weight excluding hydrogens is 304 g/mol. The van der Waals surface area contributed by atoms with Crippen LogP contribution >= 0.6 is 0 Å². The topological polar surface area (TPSA) is 111 Å². The summed E-state index contributed by atoms with van der Waals surface area (Å²) in [6, 6.07) is 10.5. The van der Waals surface area contributed by atoms with E-state index in [1.165, 1.54) is 12.3 Å². The lowest BCUT2D eigenvalue weighted by Gasteiger charge is -2.03. The van der Waals surface area contributed by atoms with Crippen molar-refractivity contribution in [3.8, 4) is 23.5 Å². The average Bonchev–Trinajstić information content (AvgIpc) is 2.59. The first kappa shape index (κ1) is 16.6. The molecule has 6 heteroatoms. The van der Waals surface area contributed by atoms with E-state index in [4.69, 9.17) is 15.6 Å². The van der Waals surface area contributed by atoms with Crippen molar-refractivity contribution in [3.05, 3.63) is 58.9 Å². The van der Waals surface area contributed by atoms with Crippen molar-refractivity contribution in [1.29, 1.82) is 10.5 Å². The van der Waals surface area contributed by atoms with Crippen LogP contribution in [0.15, 0.2) is 47.8 Å². The minimum absolute atomic E-state index is 0.360. The van der Waals surface area contributed by atoms with E-state index in [-0.39, 0.29) is 5.57 Å². The maximum Gasteiger partial charge on any atom is 0.346 e. The van der Waals surface area contributed by atoms with Gasteiger partial charge in [-0.1, -0.05) is 0 Å². The van der Waals surface area contributed by atoms with Gasteiger partial charge in [-0.05, 0) is 54.5 Å². The molecule has 0 saturated carbocycles. The van der Waals surface area contributed by atoms with Gasteiger partial charge in [0.15, 0.2) is 0 Å². The molecule has 0 aliphatic carbocycles. The number of allylic oxidation sites excluding steroid dienone is 1. The van der Waals surface area contributed by atoms with Gasteiger partial charge in [-0.25, -0.2) is 4.79 Å². The quantitative estimate of drug-likeness (QED) is 0.685. The summed E-state index contributed by atoms with van der Waals surface area (Å²) in [5.74, 6) is -1.28. The van der Waals surface area contributed by atoms with E-state index in [1.54, 1.807) is 49.5 Å². The van der Waals surface area contributed by atoms with Crippen molar-refractivity contribution in [3.63, 3.8) is 0 Å². The van der Waals surface area contributed by atoms with Crippen molar-refractivity contribution in [2.45, 2.75) is 6.92 Å². The monoisotopic (exact) mass is 316 g/mol. The number of carboxylic acids is 1. The standard InChI is InChI=1S/C18H12N4O2/c1-12(10-19)6-13-2-4-21-16(8-13)17-9-14(3-5-22-17)7-15(11-20)18(23)24/h2-9H,1H3,(H,23,24)/b12-6-,15-7-. The van der Waals surface area contributed by atoms with E-state index in [1.807, 2.05) is 0 Å². The number of aromatic nitrogens is 2. The lowest BCUT2D eigenvalue weighted by Crippen LogP contribution is -1.97. The van der Waals surface area contributed by atoms with Crippen LogP contribution < -0.4 is 0 Å². The number of nitriles is 2. The summed E-state index contributed by atoms with van der Waals surface area (Å²) in [6.45, 7) is 1.71. The number of carboxylic acid groups (broad SMARTS) is 1. The third-order valence-corrected chi connectivity index (χ3v) is 3.05. The van der Waals surface area contributed by atoms with Crippen molar-refractivity contribution in [2.24, 2.45) is 0 Å². The van der Waals surface area contributed by atoms with Crippen molar-refractivity contribution in [2.75, 3.05) is 0 Å². The smallest absolute Gasteiger partial charge is 0.346 e. The molecule has 116 valence electrons. The van der Waals surface area contributed by atoms with E-state index in [9.17, 15) is 4.79 Å². The first-order valence-corrected chi connectivity index (χ1v) is 6.89. The second-order valence-corrected chi connectivity index (χ2v) is 4.86. The third-order valence-electron chi connectivity index (χ3n) is 3.05. The first-order chi connectivity index (χ1) is 11.5. The zero-order chi connectivity index (χ0) is 17.5. The van der Waals surface area contributed by atoms with Crippen LogP contribution in [-0.4, -0.2) is 21.0 Å². The fourth-order valence-corrected chi connectivity index (χ4v) is 1.94. The largest absolute Gasteiger partial charge is 0.477 e. The van der Waals surface area contributed by atoms with Gasteiger partial charge in [0.05, 0.1) is 17.5 Å². The molecule has 0 unspecified atom stereocenters. The SMILES string of the molecule is C/C(C#N)=C/c1ccnc(-c2cc(/C=C(/C#N)C(=O)O)ccn2)c1. The molecule has 0 aromatic carbocycles. The minimum Gasteiger partial charge on any atom is -0.477 e. The van der Waals surface area contributed by atoms with Gasteiger partial charge in [0.2, 0.25) is 0 Å². The number of aliphatic carboxylic acids is 1. The van der Waals surface area contributed by atoms with Crippen LogP contribution in [0.1, 0.15) is 18.1 Å². The fourth-order valence-electron chi connectivity index (χ4n) is 1.94. The number of pyridine rings is 2. The van der Waals surface area contributed by atoms with E-state index in [0.717, 1.165) is 5.56 Å². The highest BCUT2D eigenvalue weighted by Crippen LogP contribution is 2.19. The molecule has 0 amide bonds. The Kier molecular flexibility index (Phi) is 5.17. The van der Waals surface area contributed by atoms with E-state index < -0.39 is 5.97 Å². The van der Waals surface area contributed by atoms with Gasteiger partial charge >= 0.3 is 5.97 Å². The molecule has 0 atom stereocenters. The predicted molar refractivity (Wildman–Crippen MR) is 88.0 cm³/mol. The summed E-state index contributed by atoms with van der Waals surface area (Å²) in [7, 11) is 0. The van der Waals surface area contributed by atoms with Gasteiger partial charge in [0.1, 0.15) is 11.6 Å². The van der Waals surface area contributed by atoms with Gasteiger partial charge in [-0.3, -0.25) is 9.97 Å². The molecule has 0 fully saturated rings. The Balaban J connectivity index is 2.43. The molecule has 0 radical (unpaired) electrons. The normalized spacial score (nSPS) is 11.5. The molecule has 0 aliphatic rings. The molecule has 1 N–H and O–H groups in total. The summed E-state index contributed by atoms with van der Waals surface area (Å²) in [6.07, 6.45) is 6.13. The summed E-state index contributed by atoms with van der Waals surface area (Å²) in [4.78, 5) is 19.4. The molecule has 0 aliphatic heterocycles. The fraction of sp³-hybridized carbons (Fsp3) is 0.0556. The number of carbonyl (C=O) groups is 1. The van der Waals surface area contributed by atoms with Crippen LogP contribution in [0.5, 0.6) is 0 Å². The van der Waals surface area contributed by atoms with Gasteiger partial charge in [0, 0.05) is 18.0 Å². The Morgan fingerprint density at radius 1 is 1.04 bits per heavy atom. The molecule has 6 nitrogen and oxygen atoms in total. The Bertz CT molecular complexity index is 931. The van der Waals surface area contributed by atoms with E-state index in [0.29, 0.717) is 22.5 Å².